The molecule has 0 aliphatic carbocycles. The Kier molecular flexibility index (Phi) is 7.94. The highest BCUT2D eigenvalue weighted by molar-refractivity contribution is 6.61. The van der Waals surface area contributed by atoms with Crippen molar-refractivity contribution in [1.29, 1.82) is 0 Å². The van der Waals surface area contributed by atoms with Crippen molar-refractivity contribution < 1.29 is 19.1 Å². The molecule has 0 bridgehead atoms. The Morgan fingerprint density at radius 1 is 0.810 bits per heavy atom. The first kappa shape index (κ1) is 17.0. The van der Waals surface area contributed by atoms with Gasteiger partial charge in [0, 0.05) is 23.2 Å². The van der Waals surface area contributed by atoms with Crippen LogP contribution in [0, 0.1) is 0 Å². The third-order valence-electron chi connectivity index (χ3n) is 2.14. The number of carbonyl (C=O) groups is 2. The van der Waals surface area contributed by atoms with Gasteiger partial charge < -0.3 is 9.47 Å². The number of halogens is 2. The highest BCUT2D eigenvalue weighted by Gasteiger charge is 1.96. The summed E-state index contributed by atoms with van der Waals surface area (Å²) in [6.07, 6.45) is 0. The average Bonchev–Trinajstić information content (AvgIpc) is 2.47. The Balaban J connectivity index is 0.000000211. The molecule has 0 aliphatic rings. The molecule has 6 heteroatoms. The predicted molar refractivity (Wildman–Crippen MR) is 80.8 cm³/mol. The van der Waals surface area contributed by atoms with Gasteiger partial charge in [-0.1, -0.05) is 48.5 Å². The monoisotopic (exact) mass is 326 g/mol. The second-order valence-corrected chi connectivity index (χ2v) is 4.28. The lowest BCUT2D eigenvalue weighted by atomic mass is 10.2. The van der Waals surface area contributed by atoms with Crippen LogP contribution in [0.3, 0.4) is 0 Å². The van der Waals surface area contributed by atoms with Crippen LogP contribution in [0.5, 0.6) is 5.75 Å². The normalized spacial score (nSPS) is 9.05. The molecule has 0 N–H and O–H groups in total. The Labute approximate surface area is 132 Å². The van der Waals surface area contributed by atoms with E-state index in [1.54, 1.807) is 24.3 Å². The van der Waals surface area contributed by atoms with Gasteiger partial charge in [0.15, 0.2) is 0 Å². The van der Waals surface area contributed by atoms with Crippen molar-refractivity contribution in [3.63, 3.8) is 0 Å². The molecule has 0 amide bonds. The van der Waals surface area contributed by atoms with Crippen molar-refractivity contribution >= 4 is 34.1 Å². The second kappa shape index (κ2) is 9.80. The summed E-state index contributed by atoms with van der Waals surface area (Å²) in [4.78, 5) is 20.3. The smallest absolute Gasteiger partial charge is 0.409 e. The molecular weight excluding hydrogens is 315 g/mol. The van der Waals surface area contributed by atoms with E-state index in [0.29, 0.717) is 5.75 Å². The van der Waals surface area contributed by atoms with E-state index < -0.39 is 10.9 Å². The summed E-state index contributed by atoms with van der Waals surface area (Å²) < 4.78 is 9.10. The molecule has 0 atom stereocenters. The molecule has 0 spiro atoms. The number of rotatable bonds is 3. The van der Waals surface area contributed by atoms with Gasteiger partial charge in [0.05, 0.1) is 0 Å². The average molecular weight is 327 g/mol. The quantitative estimate of drug-likeness (QED) is 0.746. The van der Waals surface area contributed by atoms with Gasteiger partial charge in [0.1, 0.15) is 12.4 Å². The minimum Gasteiger partial charge on any atom is -0.449 e. The van der Waals surface area contributed by atoms with Crippen LogP contribution in [0.15, 0.2) is 60.7 Å². The lowest BCUT2D eigenvalue weighted by Crippen LogP contribution is -1.94. The highest BCUT2D eigenvalue weighted by atomic mass is 35.5. The lowest BCUT2D eigenvalue weighted by Gasteiger charge is -1.98. The molecule has 0 saturated heterocycles. The van der Waals surface area contributed by atoms with E-state index in [2.05, 4.69) is 9.47 Å². The molecule has 110 valence electrons. The molecule has 0 radical (unpaired) electrons. The van der Waals surface area contributed by atoms with E-state index in [4.69, 9.17) is 23.2 Å². The lowest BCUT2D eigenvalue weighted by molar-refractivity contribution is 0.167. The number of hydrogen-bond donors (Lipinski definition) is 0. The van der Waals surface area contributed by atoms with Crippen LogP contribution in [-0.4, -0.2) is 10.9 Å². The fourth-order valence-corrected chi connectivity index (χ4v) is 1.44. The van der Waals surface area contributed by atoms with Crippen LogP contribution < -0.4 is 4.74 Å². The highest BCUT2D eigenvalue weighted by Crippen LogP contribution is 2.09. The number of para-hydroxylation sites is 1. The maximum atomic E-state index is 10.2. The fourth-order valence-electron chi connectivity index (χ4n) is 1.30. The Morgan fingerprint density at radius 2 is 1.33 bits per heavy atom. The first-order valence-corrected chi connectivity index (χ1v) is 6.62. The summed E-state index contributed by atoms with van der Waals surface area (Å²) in [5.41, 5.74) is -0.651. The van der Waals surface area contributed by atoms with Crippen LogP contribution in [-0.2, 0) is 11.3 Å². The number of benzene rings is 2. The molecule has 0 heterocycles. The van der Waals surface area contributed by atoms with Gasteiger partial charge in [-0.25, -0.2) is 9.59 Å². The SMILES string of the molecule is O=C(Cl)OCc1ccccc1.O=C(Cl)Oc1ccccc1. The molecule has 21 heavy (non-hydrogen) atoms. The maximum Gasteiger partial charge on any atom is 0.409 e. The number of carbonyl (C=O) groups excluding carboxylic acids is 2. The zero-order valence-corrected chi connectivity index (χ0v) is 12.4. The summed E-state index contributed by atoms with van der Waals surface area (Å²) in [6, 6.07) is 18.0. The van der Waals surface area contributed by atoms with E-state index >= 15 is 0 Å². The predicted octanol–water partition coefficient (Wildman–Crippen LogP) is 4.99. The van der Waals surface area contributed by atoms with Gasteiger partial charge in [0.2, 0.25) is 0 Å². The zero-order valence-electron chi connectivity index (χ0n) is 10.9. The van der Waals surface area contributed by atoms with Gasteiger partial charge in [-0.15, -0.1) is 0 Å². The van der Waals surface area contributed by atoms with Gasteiger partial charge in [0.25, 0.3) is 0 Å². The molecule has 2 aromatic rings. The summed E-state index contributed by atoms with van der Waals surface area (Å²) in [7, 11) is 0. The van der Waals surface area contributed by atoms with E-state index in [-0.39, 0.29) is 6.61 Å². The standard InChI is InChI=1S/C8H7ClO2.C7H5ClO2/c9-8(10)11-6-7-4-2-1-3-5-7;8-7(9)10-6-4-2-1-3-5-6/h1-5H,6H2;1-5H. The summed E-state index contributed by atoms with van der Waals surface area (Å²) >= 11 is 9.92. The van der Waals surface area contributed by atoms with E-state index in [1.165, 1.54) is 0 Å². The van der Waals surface area contributed by atoms with Crippen LogP contribution >= 0.6 is 23.2 Å². The Hall–Kier alpha value is -2.04. The van der Waals surface area contributed by atoms with Crippen LogP contribution in [0.2, 0.25) is 0 Å². The van der Waals surface area contributed by atoms with Crippen LogP contribution in [0.4, 0.5) is 9.59 Å². The molecule has 2 aromatic carbocycles. The van der Waals surface area contributed by atoms with Gasteiger partial charge in [-0.2, -0.15) is 0 Å². The molecule has 0 aliphatic heterocycles. The van der Waals surface area contributed by atoms with Crippen LogP contribution in [0.25, 0.3) is 0 Å². The molecule has 0 unspecified atom stereocenters. The minimum atomic E-state index is -0.814. The van der Waals surface area contributed by atoms with Crippen molar-refractivity contribution in [2.75, 3.05) is 0 Å². The first-order valence-electron chi connectivity index (χ1n) is 5.86. The van der Waals surface area contributed by atoms with Crippen molar-refractivity contribution in [3.8, 4) is 5.75 Å². The molecule has 4 nitrogen and oxygen atoms in total. The van der Waals surface area contributed by atoms with Gasteiger partial charge in [-0.05, 0) is 17.7 Å². The minimum absolute atomic E-state index is 0.239. The van der Waals surface area contributed by atoms with Gasteiger partial charge in [-0.3, -0.25) is 0 Å². The molecule has 2 rings (SSSR count). The summed E-state index contributed by atoms with van der Waals surface area (Å²) in [6.45, 7) is 0.239. The zero-order chi connectivity index (χ0) is 15.5. The van der Waals surface area contributed by atoms with Crippen molar-refractivity contribution in [1.82, 2.24) is 0 Å². The Morgan fingerprint density at radius 3 is 1.81 bits per heavy atom. The number of ether oxygens (including phenoxy) is 2. The van der Waals surface area contributed by atoms with Crippen molar-refractivity contribution in [2.45, 2.75) is 6.61 Å². The van der Waals surface area contributed by atoms with E-state index in [0.717, 1.165) is 5.56 Å². The molecule has 0 fully saturated rings. The fraction of sp³-hybridized carbons (Fsp3) is 0.0667. The summed E-state index contributed by atoms with van der Waals surface area (Å²) in [5.74, 6) is 0.461. The topological polar surface area (TPSA) is 52.6 Å². The third-order valence-corrected chi connectivity index (χ3v) is 2.32. The third kappa shape index (κ3) is 8.68. The largest absolute Gasteiger partial charge is 0.449 e. The maximum absolute atomic E-state index is 10.2. The second-order valence-electron chi connectivity index (χ2n) is 3.66. The first-order chi connectivity index (χ1) is 10.1. The van der Waals surface area contributed by atoms with E-state index in [1.807, 2.05) is 36.4 Å². The van der Waals surface area contributed by atoms with Crippen molar-refractivity contribution in [3.05, 3.63) is 66.2 Å². The van der Waals surface area contributed by atoms with E-state index in [9.17, 15) is 9.59 Å². The van der Waals surface area contributed by atoms with Crippen molar-refractivity contribution in [2.24, 2.45) is 0 Å². The Bertz CT molecular complexity index is 558. The molecule has 0 saturated carbocycles. The van der Waals surface area contributed by atoms with Gasteiger partial charge >= 0.3 is 10.9 Å². The van der Waals surface area contributed by atoms with Crippen LogP contribution in [0.1, 0.15) is 5.56 Å². The molecular formula is C15H12Cl2O4. The molecule has 0 aromatic heterocycles. The summed E-state index contributed by atoms with van der Waals surface area (Å²) in [5, 5.41) is 0. The number of hydrogen-bond acceptors (Lipinski definition) is 4.